The van der Waals surface area contributed by atoms with Crippen molar-refractivity contribution in [3.8, 4) is 0 Å². The highest BCUT2D eigenvalue weighted by molar-refractivity contribution is 7.86. The van der Waals surface area contributed by atoms with Gasteiger partial charge in [-0.15, -0.1) is 0 Å². The second kappa shape index (κ2) is 15.7. The first kappa shape index (κ1) is 35.7. The Hall–Kier alpha value is -4.61. The molecule has 0 aromatic heterocycles. The Morgan fingerprint density at radius 3 is 1.90 bits per heavy atom. The standard InChI is InChI=1S/C39H40N2O6S2/c1-3-5-28-40(32-12-8-7-9-13-32)33-20-16-30(17-21-33)39(37-14-10-11-15-38(37)49(45,46)47)31-18-22-34(23-19-31)41(29-6-4-2)35-24-26-36(27-25-35)48(42,43)44/h7-27H,3-6,28-29H2,1-2H3,(H-,42,43,44,45,46,47). The van der Waals surface area contributed by atoms with E-state index in [9.17, 15) is 25.9 Å². The molecule has 0 unspecified atom stereocenters. The third-order valence-corrected chi connectivity index (χ3v) is 10.1. The van der Waals surface area contributed by atoms with Crippen LogP contribution < -0.4 is 4.90 Å². The molecule has 254 valence electrons. The Labute approximate surface area is 289 Å². The second-order valence-corrected chi connectivity index (χ2v) is 14.5. The number of para-hydroxylation sites is 1. The van der Waals surface area contributed by atoms with Gasteiger partial charge in [0.2, 0.25) is 11.4 Å². The second-order valence-electron chi connectivity index (χ2n) is 11.7. The number of benzene rings is 4. The van der Waals surface area contributed by atoms with E-state index in [1.807, 2.05) is 66.8 Å². The first-order chi connectivity index (χ1) is 23.5. The SMILES string of the molecule is CCCCN(c1ccccc1)c1ccc(C(=C2C=CC(=[N+](CCCC)c3ccc(S(=O)(=O)O)cc3)C=C2)c2ccccc2S(=O)(=O)[O-])cc1. The van der Waals surface area contributed by atoms with Gasteiger partial charge in [0.05, 0.1) is 9.79 Å². The largest absolute Gasteiger partial charge is 0.744 e. The van der Waals surface area contributed by atoms with Gasteiger partial charge in [-0.2, -0.15) is 13.0 Å². The van der Waals surface area contributed by atoms with Crippen LogP contribution in [-0.2, 0) is 20.2 Å². The van der Waals surface area contributed by atoms with Gasteiger partial charge in [-0.25, -0.2) is 8.42 Å². The molecule has 0 heterocycles. The summed E-state index contributed by atoms with van der Waals surface area (Å²) in [6, 6.07) is 30.4. The zero-order chi connectivity index (χ0) is 35.0. The molecule has 1 aliphatic carbocycles. The number of anilines is 2. The van der Waals surface area contributed by atoms with E-state index in [1.54, 1.807) is 30.3 Å². The summed E-state index contributed by atoms with van der Waals surface area (Å²) in [6.07, 6.45) is 11.5. The molecule has 0 saturated heterocycles. The smallest absolute Gasteiger partial charge is 0.294 e. The fourth-order valence-corrected chi connectivity index (χ4v) is 7.00. The third-order valence-electron chi connectivity index (χ3n) is 8.35. The van der Waals surface area contributed by atoms with Crippen LogP contribution in [0.25, 0.3) is 5.57 Å². The zero-order valence-corrected chi connectivity index (χ0v) is 29.2. The van der Waals surface area contributed by atoms with Gasteiger partial charge in [0.15, 0.2) is 0 Å². The Bertz CT molecular complexity index is 2100. The van der Waals surface area contributed by atoms with Crippen LogP contribution in [0.1, 0.15) is 50.7 Å². The molecule has 0 spiro atoms. The van der Waals surface area contributed by atoms with Gasteiger partial charge in [0.25, 0.3) is 10.1 Å². The molecule has 4 aromatic carbocycles. The summed E-state index contributed by atoms with van der Waals surface area (Å²) in [5.74, 6) is 0. The molecule has 10 heteroatoms. The minimum atomic E-state index is -4.79. The van der Waals surface area contributed by atoms with Crippen molar-refractivity contribution in [2.24, 2.45) is 0 Å². The van der Waals surface area contributed by atoms with E-state index in [0.717, 1.165) is 66.1 Å². The Morgan fingerprint density at radius 1 is 0.714 bits per heavy atom. The van der Waals surface area contributed by atoms with Crippen molar-refractivity contribution in [1.82, 2.24) is 0 Å². The van der Waals surface area contributed by atoms with Crippen LogP contribution in [0.15, 0.2) is 143 Å². The summed E-state index contributed by atoms with van der Waals surface area (Å²) in [4.78, 5) is 1.78. The molecule has 0 atom stereocenters. The number of unbranched alkanes of at least 4 members (excludes halogenated alkanes) is 2. The van der Waals surface area contributed by atoms with Gasteiger partial charge in [-0.3, -0.25) is 4.55 Å². The summed E-state index contributed by atoms with van der Waals surface area (Å²) < 4.78 is 72.1. The maximum atomic E-state index is 12.5. The topological polar surface area (TPSA) is 118 Å². The molecule has 0 saturated carbocycles. The molecule has 0 radical (unpaired) electrons. The number of hydrogen-bond acceptors (Lipinski definition) is 6. The molecule has 0 amide bonds. The van der Waals surface area contributed by atoms with Crippen molar-refractivity contribution < 1.29 is 30.5 Å². The van der Waals surface area contributed by atoms with Crippen molar-refractivity contribution in [2.75, 3.05) is 18.0 Å². The first-order valence-corrected chi connectivity index (χ1v) is 19.2. The summed E-state index contributed by atoms with van der Waals surface area (Å²) in [5, 5.41) is 0. The van der Waals surface area contributed by atoms with Gasteiger partial charge >= 0.3 is 0 Å². The van der Waals surface area contributed by atoms with Crippen LogP contribution in [0.5, 0.6) is 0 Å². The fraction of sp³-hybridized carbons (Fsp3) is 0.205. The zero-order valence-electron chi connectivity index (χ0n) is 27.6. The lowest BCUT2D eigenvalue weighted by molar-refractivity contribution is -0.439. The Balaban J connectivity index is 1.63. The summed E-state index contributed by atoms with van der Waals surface area (Å²) in [7, 11) is -9.12. The normalized spacial score (nSPS) is 13.1. The Kier molecular flexibility index (Phi) is 11.5. The van der Waals surface area contributed by atoms with Crippen LogP contribution in [0, 0.1) is 0 Å². The molecule has 0 bridgehead atoms. The maximum Gasteiger partial charge on any atom is 0.294 e. The number of allylic oxidation sites excluding steroid dienone is 5. The average Bonchev–Trinajstić information content (AvgIpc) is 3.10. The van der Waals surface area contributed by atoms with Crippen molar-refractivity contribution in [3.63, 3.8) is 0 Å². The summed E-state index contributed by atoms with van der Waals surface area (Å²) >= 11 is 0. The quantitative estimate of drug-likeness (QED) is 0.110. The predicted molar refractivity (Wildman–Crippen MR) is 194 cm³/mol. The van der Waals surface area contributed by atoms with E-state index in [2.05, 4.69) is 35.5 Å². The van der Waals surface area contributed by atoms with Crippen LogP contribution in [0.4, 0.5) is 17.1 Å². The number of nitrogens with zero attached hydrogens (tertiary/aromatic N) is 2. The van der Waals surface area contributed by atoms with Crippen LogP contribution >= 0.6 is 0 Å². The van der Waals surface area contributed by atoms with Crippen molar-refractivity contribution in [2.45, 2.75) is 49.3 Å². The molecular weight excluding hydrogens is 657 g/mol. The molecule has 1 aliphatic rings. The van der Waals surface area contributed by atoms with E-state index < -0.39 is 20.2 Å². The fourth-order valence-electron chi connectivity index (χ4n) is 5.84. The number of rotatable bonds is 13. The van der Waals surface area contributed by atoms with Gasteiger partial charge in [0, 0.05) is 54.2 Å². The molecule has 5 rings (SSSR count). The predicted octanol–water partition coefficient (Wildman–Crippen LogP) is 8.29. The molecule has 49 heavy (non-hydrogen) atoms. The maximum absolute atomic E-state index is 12.5. The lowest BCUT2D eigenvalue weighted by Gasteiger charge is -2.25. The van der Waals surface area contributed by atoms with Crippen LogP contribution in [-0.4, -0.2) is 49.3 Å². The third kappa shape index (κ3) is 8.71. The van der Waals surface area contributed by atoms with E-state index in [1.165, 1.54) is 18.2 Å². The average molecular weight is 697 g/mol. The lowest BCUT2D eigenvalue weighted by atomic mass is 9.90. The first-order valence-electron chi connectivity index (χ1n) is 16.3. The summed E-state index contributed by atoms with van der Waals surface area (Å²) in [6.45, 7) is 5.73. The molecule has 1 N–H and O–H groups in total. The van der Waals surface area contributed by atoms with Crippen LogP contribution in [0.3, 0.4) is 0 Å². The van der Waals surface area contributed by atoms with Crippen molar-refractivity contribution in [3.05, 3.63) is 144 Å². The van der Waals surface area contributed by atoms with E-state index in [-0.39, 0.29) is 9.79 Å². The van der Waals surface area contributed by atoms with Crippen molar-refractivity contribution in [1.29, 1.82) is 0 Å². The minimum Gasteiger partial charge on any atom is -0.744 e. The monoisotopic (exact) mass is 696 g/mol. The van der Waals surface area contributed by atoms with Gasteiger partial charge < -0.3 is 9.45 Å². The number of hydrogen-bond donors (Lipinski definition) is 1. The van der Waals surface area contributed by atoms with Gasteiger partial charge in [-0.1, -0.05) is 75.2 Å². The molecule has 8 nitrogen and oxygen atoms in total. The molecule has 0 fully saturated rings. The Morgan fingerprint density at radius 2 is 1.31 bits per heavy atom. The molecule has 0 aliphatic heterocycles. The van der Waals surface area contributed by atoms with E-state index >= 15 is 0 Å². The highest BCUT2D eigenvalue weighted by Gasteiger charge is 2.21. The lowest BCUT2D eigenvalue weighted by Crippen LogP contribution is -2.18. The highest BCUT2D eigenvalue weighted by atomic mass is 32.2. The van der Waals surface area contributed by atoms with Gasteiger partial charge in [0.1, 0.15) is 16.7 Å². The molecular formula is C39H40N2O6S2. The summed E-state index contributed by atoms with van der Waals surface area (Å²) in [5.41, 5.74) is 6.04. The van der Waals surface area contributed by atoms with E-state index in [4.69, 9.17) is 0 Å². The van der Waals surface area contributed by atoms with E-state index in [0.29, 0.717) is 17.7 Å². The minimum absolute atomic E-state index is 0.184. The van der Waals surface area contributed by atoms with Crippen molar-refractivity contribution >= 4 is 48.6 Å². The van der Waals surface area contributed by atoms with Gasteiger partial charge in [-0.05, 0) is 77.7 Å². The molecule has 4 aromatic rings. The van der Waals surface area contributed by atoms with Crippen LogP contribution in [0.2, 0.25) is 0 Å². The highest BCUT2D eigenvalue weighted by Crippen LogP contribution is 2.36.